The van der Waals surface area contributed by atoms with Gasteiger partial charge in [-0.1, -0.05) is 19.3 Å². The number of hydrogen-bond acceptors (Lipinski definition) is 4. The summed E-state index contributed by atoms with van der Waals surface area (Å²) in [5, 5.41) is 0. The fraction of sp³-hybridized carbons (Fsp3) is 1.00. The number of rotatable bonds is 1. The van der Waals surface area contributed by atoms with Crippen molar-refractivity contribution >= 4 is 0 Å². The zero-order chi connectivity index (χ0) is 9.45. The minimum absolute atomic E-state index is 0. The molecule has 1 fully saturated rings. The molecule has 0 amide bonds. The summed E-state index contributed by atoms with van der Waals surface area (Å²) in [6.45, 7) is 1.19. The van der Waals surface area contributed by atoms with Crippen molar-refractivity contribution in [1.29, 1.82) is 0 Å². The SMILES string of the molecule is NC1(N)CCCCC1.NCCN.[Au]. The number of hydrogen-bond donors (Lipinski definition) is 4. The van der Waals surface area contributed by atoms with Crippen molar-refractivity contribution in [2.45, 2.75) is 37.8 Å². The summed E-state index contributed by atoms with van der Waals surface area (Å²) in [5.41, 5.74) is 20.8. The second kappa shape index (κ2) is 9.15. The van der Waals surface area contributed by atoms with Crippen molar-refractivity contribution in [3.8, 4) is 0 Å². The molecule has 13 heavy (non-hydrogen) atoms. The summed E-state index contributed by atoms with van der Waals surface area (Å²) in [6.07, 6.45) is 5.76. The zero-order valence-electron chi connectivity index (χ0n) is 8.06. The molecule has 1 aliphatic carbocycles. The molecule has 1 radical (unpaired) electrons. The Hall–Kier alpha value is 0.580. The number of nitrogens with two attached hydrogens (primary N) is 4. The summed E-state index contributed by atoms with van der Waals surface area (Å²) < 4.78 is 0. The van der Waals surface area contributed by atoms with E-state index < -0.39 is 0 Å². The molecule has 0 atom stereocenters. The summed E-state index contributed by atoms with van der Waals surface area (Å²) in [5.74, 6) is 0. The van der Waals surface area contributed by atoms with E-state index in [4.69, 9.17) is 22.9 Å². The Balaban J connectivity index is 0. The first-order valence-electron chi connectivity index (χ1n) is 4.60. The molecule has 0 unspecified atom stereocenters. The van der Waals surface area contributed by atoms with Crippen LogP contribution in [-0.4, -0.2) is 18.8 Å². The van der Waals surface area contributed by atoms with Gasteiger partial charge in [0.05, 0.1) is 5.66 Å². The van der Waals surface area contributed by atoms with Gasteiger partial charge in [0, 0.05) is 35.5 Å². The van der Waals surface area contributed by atoms with E-state index in [2.05, 4.69) is 0 Å². The van der Waals surface area contributed by atoms with Gasteiger partial charge in [0.2, 0.25) is 0 Å². The topological polar surface area (TPSA) is 104 Å². The normalized spacial score (nSPS) is 19.4. The second-order valence-corrected chi connectivity index (χ2v) is 3.37. The molecule has 0 bridgehead atoms. The van der Waals surface area contributed by atoms with E-state index in [1.807, 2.05) is 0 Å². The van der Waals surface area contributed by atoms with Crippen molar-refractivity contribution < 1.29 is 22.4 Å². The maximum absolute atomic E-state index is 5.66. The van der Waals surface area contributed by atoms with Gasteiger partial charge in [0.25, 0.3) is 0 Å². The van der Waals surface area contributed by atoms with Gasteiger partial charge < -0.3 is 22.9 Å². The molecule has 0 aliphatic heterocycles. The van der Waals surface area contributed by atoms with Crippen LogP contribution in [0, 0.1) is 0 Å². The van der Waals surface area contributed by atoms with Crippen molar-refractivity contribution in [3.05, 3.63) is 0 Å². The van der Waals surface area contributed by atoms with Crippen molar-refractivity contribution in [2.75, 3.05) is 13.1 Å². The van der Waals surface area contributed by atoms with Gasteiger partial charge in [-0.3, -0.25) is 0 Å². The predicted octanol–water partition coefficient (Wildman–Crippen LogP) is -0.534. The quantitative estimate of drug-likeness (QED) is 0.367. The van der Waals surface area contributed by atoms with Crippen molar-refractivity contribution in [3.63, 3.8) is 0 Å². The molecule has 0 aromatic rings. The van der Waals surface area contributed by atoms with Crippen LogP contribution in [0.4, 0.5) is 0 Å². The largest absolute Gasteiger partial charge is 0.329 e. The Morgan fingerprint density at radius 1 is 0.846 bits per heavy atom. The Labute approximate surface area is 96.3 Å². The molecule has 1 aliphatic rings. The van der Waals surface area contributed by atoms with Crippen LogP contribution in [-0.2, 0) is 22.4 Å². The van der Waals surface area contributed by atoms with E-state index in [0.717, 1.165) is 12.8 Å². The summed E-state index contributed by atoms with van der Waals surface area (Å²) in [6, 6.07) is 0. The van der Waals surface area contributed by atoms with Gasteiger partial charge in [-0.15, -0.1) is 0 Å². The van der Waals surface area contributed by atoms with Gasteiger partial charge in [-0.2, -0.15) is 0 Å². The first-order chi connectivity index (χ1) is 5.62. The molecule has 1 rings (SSSR count). The molecule has 0 aromatic carbocycles. The zero-order valence-corrected chi connectivity index (χ0v) is 10.2. The Morgan fingerprint density at radius 3 is 1.38 bits per heavy atom. The van der Waals surface area contributed by atoms with E-state index in [0.29, 0.717) is 13.1 Å². The monoisotopic (exact) mass is 371 g/mol. The van der Waals surface area contributed by atoms with Crippen molar-refractivity contribution in [2.24, 2.45) is 22.9 Å². The maximum Gasteiger partial charge on any atom is 0.0636 e. The van der Waals surface area contributed by atoms with Crippen LogP contribution in [0.15, 0.2) is 0 Å². The van der Waals surface area contributed by atoms with Gasteiger partial charge >= 0.3 is 0 Å². The van der Waals surface area contributed by atoms with E-state index in [-0.39, 0.29) is 28.0 Å². The van der Waals surface area contributed by atoms with Crippen LogP contribution in [0.25, 0.3) is 0 Å². The van der Waals surface area contributed by atoms with Gasteiger partial charge in [-0.25, -0.2) is 0 Å². The molecule has 4 nitrogen and oxygen atoms in total. The average Bonchev–Trinajstić information content (AvgIpc) is 2.05. The molecule has 1 saturated carbocycles. The molecule has 0 aromatic heterocycles. The molecule has 85 valence electrons. The first kappa shape index (κ1) is 16.0. The van der Waals surface area contributed by atoms with Gasteiger partial charge in [-0.05, 0) is 12.8 Å². The summed E-state index contributed by atoms with van der Waals surface area (Å²) in [4.78, 5) is 0. The van der Waals surface area contributed by atoms with Crippen molar-refractivity contribution in [1.82, 2.24) is 0 Å². The van der Waals surface area contributed by atoms with Crippen LogP contribution < -0.4 is 22.9 Å². The van der Waals surface area contributed by atoms with Crippen LogP contribution in [0.5, 0.6) is 0 Å². The van der Waals surface area contributed by atoms with Gasteiger partial charge in [0.1, 0.15) is 0 Å². The molecular formula is C8H22AuN4. The fourth-order valence-corrected chi connectivity index (χ4v) is 1.21. The molecule has 8 N–H and O–H groups in total. The second-order valence-electron chi connectivity index (χ2n) is 3.37. The third-order valence-corrected chi connectivity index (χ3v) is 1.95. The van der Waals surface area contributed by atoms with Crippen LogP contribution in [0.1, 0.15) is 32.1 Å². The van der Waals surface area contributed by atoms with Crippen LogP contribution in [0.3, 0.4) is 0 Å². The van der Waals surface area contributed by atoms with E-state index in [9.17, 15) is 0 Å². The van der Waals surface area contributed by atoms with E-state index >= 15 is 0 Å². The Kier molecular flexibility index (Phi) is 11.3. The molecule has 5 heteroatoms. The Bertz CT molecular complexity index is 98.3. The smallest absolute Gasteiger partial charge is 0.0636 e. The third kappa shape index (κ3) is 10.5. The summed E-state index contributed by atoms with van der Waals surface area (Å²) >= 11 is 0. The summed E-state index contributed by atoms with van der Waals surface area (Å²) in [7, 11) is 0. The fourth-order valence-electron chi connectivity index (χ4n) is 1.21. The minimum atomic E-state index is -0.321. The first-order valence-corrected chi connectivity index (χ1v) is 4.60. The molecular weight excluding hydrogens is 349 g/mol. The minimum Gasteiger partial charge on any atom is -0.329 e. The third-order valence-electron chi connectivity index (χ3n) is 1.95. The van der Waals surface area contributed by atoms with E-state index in [1.54, 1.807) is 0 Å². The maximum atomic E-state index is 5.66. The Morgan fingerprint density at radius 2 is 1.23 bits per heavy atom. The molecule has 0 heterocycles. The molecule has 0 spiro atoms. The van der Waals surface area contributed by atoms with E-state index in [1.165, 1.54) is 19.3 Å². The van der Waals surface area contributed by atoms with Crippen LogP contribution in [0.2, 0.25) is 0 Å². The standard InChI is InChI=1S/C6H14N2.C2H8N2.Au/c7-6(8)4-2-1-3-5-6;3-1-2-4;/h1-5,7-8H2;1-4H2;. The van der Waals surface area contributed by atoms with Crippen LogP contribution >= 0.6 is 0 Å². The predicted molar refractivity (Wildman–Crippen MR) is 52.3 cm³/mol. The van der Waals surface area contributed by atoms with Gasteiger partial charge in [0.15, 0.2) is 0 Å². The average molecular weight is 371 g/mol. The molecule has 0 saturated heterocycles.